The molecule has 1 unspecified atom stereocenters. The largest absolute Gasteiger partial charge is 0.351 e. The maximum Gasteiger partial charge on any atom is 0.152 e. The van der Waals surface area contributed by atoms with Gasteiger partial charge in [0.25, 0.3) is 0 Å². The van der Waals surface area contributed by atoms with Crippen molar-refractivity contribution in [2.45, 2.75) is 11.8 Å². The van der Waals surface area contributed by atoms with Crippen LogP contribution in [0.3, 0.4) is 0 Å². The van der Waals surface area contributed by atoms with Crippen LogP contribution < -0.4 is 5.32 Å². The highest BCUT2D eigenvalue weighted by atomic mass is 19.2. The Morgan fingerprint density at radius 1 is 0.467 bits per heavy atom. The van der Waals surface area contributed by atoms with Crippen LogP contribution in [0, 0.1) is 34.9 Å². The van der Waals surface area contributed by atoms with Gasteiger partial charge in [0.15, 0.2) is 11.6 Å². The molecule has 2 aliphatic carbocycles. The van der Waals surface area contributed by atoms with Gasteiger partial charge in [-0.3, -0.25) is 0 Å². The number of hydrogen-bond acceptors (Lipinski definition) is 1. The molecule has 220 valence electrons. The molecule has 45 heavy (non-hydrogen) atoms. The third kappa shape index (κ3) is 3.96. The fourth-order valence-corrected chi connectivity index (χ4v) is 7.13. The molecule has 0 aliphatic heterocycles. The summed E-state index contributed by atoms with van der Waals surface area (Å²) < 4.78 is 86.0. The maximum absolute atomic E-state index is 14.7. The van der Waals surface area contributed by atoms with E-state index in [2.05, 4.69) is 5.32 Å². The van der Waals surface area contributed by atoms with E-state index < -0.39 is 46.0 Å². The summed E-state index contributed by atoms with van der Waals surface area (Å²) >= 11 is 0. The van der Waals surface area contributed by atoms with E-state index in [1.807, 2.05) is 78.9 Å². The molecule has 0 saturated heterocycles. The van der Waals surface area contributed by atoms with Crippen molar-refractivity contribution in [2.75, 3.05) is 5.32 Å². The summed E-state index contributed by atoms with van der Waals surface area (Å²) in [5.41, 5.74) is 6.95. The minimum Gasteiger partial charge on any atom is -0.351 e. The van der Waals surface area contributed by atoms with Gasteiger partial charge in [0.05, 0.1) is 5.41 Å². The van der Waals surface area contributed by atoms with Crippen LogP contribution in [-0.4, -0.2) is 0 Å². The molecule has 2 aliphatic rings. The van der Waals surface area contributed by atoms with Crippen molar-refractivity contribution < 1.29 is 26.3 Å². The van der Waals surface area contributed by atoms with E-state index in [-0.39, 0.29) is 12.0 Å². The number of fused-ring (bicyclic) bond motifs is 10. The summed E-state index contributed by atoms with van der Waals surface area (Å²) in [7, 11) is 0. The first kappa shape index (κ1) is 27.3. The molecule has 0 amide bonds. The number of anilines is 2. The monoisotopic (exact) mass is 605 g/mol. The topological polar surface area (TPSA) is 12.0 Å². The van der Waals surface area contributed by atoms with E-state index in [9.17, 15) is 26.3 Å². The average Bonchev–Trinajstić information content (AvgIpc) is 3.47. The number of benzene rings is 6. The summed E-state index contributed by atoms with van der Waals surface area (Å²) in [5.74, 6) is -6.05. The molecule has 1 nitrogen and oxygen atoms in total. The van der Waals surface area contributed by atoms with Gasteiger partial charge in [-0.2, -0.15) is 0 Å². The van der Waals surface area contributed by atoms with E-state index in [1.54, 1.807) is 6.07 Å². The molecule has 0 aromatic heterocycles. The summed E-state index contributed by atoms with van der Waals surface area (Å²) in [5, 5.41) is 2.81. The lowest BCUT2D eigenvalue weighted by atomic mass is 9.70. The van der Waals surface area contributed by atoms with Gasteiger partial charge in [0.1, 0.15) is 29.0 Å². The van der Waals surface area contributed by atoms with Crippen LogP contribution >= 0.6 is 0 Å². The fourth-order valence-electron chi connectivity index (χ4n) is 7.13. The maximum atomic E-state index is 14.7. The van der Waals surface area contributed by atoms with E-state index in [0.29, 0.717) is 35.5 Å². The van der Waals surface area contributed by atoms with Gasteiger partial charge in [-0.15, -0.1) is 0 Å². The zero-order valence-corrected chi connectivity index (χ0v) is 23.4. The Morgan fingerprint density at radius 2 is 0.956 bits per heavy atom. The highest BCUT2D eigenvalue weighted by Gasteiger charge is 2.51. The van der Waals surface area contributed by atoms with E-state index in [1.165, 1.54) is 0 Å². The van der Waals surface area contributed by atoms with Crippen LogP contribution in [-0.2, 0) is 11.8 Å². The molecular formula is C38H21F6N. The molecular weight excluding hydrogens is 584 g/mol. The van der Waals surface area contributed by atoms with E-state index >= 15 is 0 Å². The number of halogens is 6. The van der Waals surface area contributed by atoms with Crippen molar-refractivity contribution in [1.29, 1.82) is 0 Å². The van der Waals surface area contributed by atoms with Gasteiger partial charge in [0, 0.05) is 41.9 Å². The molecule has 0 radical (unpaired) electrons. The van der Waals surface area contributed by atoms with Gasteiger partial charge in [0.2, 0.25) is 0 Å². The predicted octanol–water partition coefficient (Wildman–Crippen LogP) is 10.2. The van der Waals surface area contributed by atoms with Crippen LogP contribution in [0.25, 0.3) is 22.3 Å². The zero-order chi connectivity index (χ0) is 31.0. The SMILES string of the molecule is Fc1cc(F)c(Cc2ccc3c(c2)C2(c4ccccc4-3)c3ccccc3-c3ccc(Nc4c(F)cc(F)cc4F)cc32)c(F)c1. The Bertz CT molecular complexity index is 2000. The fraction of sp³-hybridized carbons (Fsp3) is 0.0526. The van der Waals surface area contributed by atoms with Crippen LogP contribution in [0.5, 0.6) is 0 Å². The Hall–Kier alpha value is -5.30. The van der Waals surface area contributed by atoms with Crippen LogP contribution in [0.1, 0.15) is 33.4 Å². The molecule has 0 heterocycles. The quantitative estimate of drug-likeness (QED) is 0.197. The average molecular weight is 606 g/mol. The molecule has 1 N–H and O–H groups in total. The zero-order valence-electron chi connectivity index (χ0n) is 23.4. The van der Waals surface area contributed by atoms with Gasteiger partial charge in [-0.05, 0) is 62.2 Å². The number of hydrogen-bond donors (Lipinski definition) is 1. The molecule has 8 rings (SSSR count). The Labute approximate surface area is 254 Å². The predicted molar refractivity (Wildman–Crippen MR) is 161 cm³/mol. The van der Waals surface area contributed by atoms with Crippen molar-refractivity contribution in [3.8, 4) is 22.3 Å². The standard InChI is InChI=1S/C38H21F6N/c39-21-15-33(41)28(34(42)16-21)13-20-9-11-26-24-5-1-3-7-29(24)38(31(26)14-20)30-8-4-2-6-25(30)27-12-10-23(19-32(27)38)45-37-35(43)17-22(40)18-36(37)44/h1-12,14-19,45H,13H2. The molecule has 0 bridgehead atoms. The molecule has 7 heteroatoms. The van der Waals surface area contributed by atoms with Crippen LogP contribution in [0.15, 0.2) is 109 Å². The molecule has 0 fully saturated rings. The number of nitrogens with one attached hydrogen (secondary N) is 1. The summed E-state index contributed by atoms with van der Waals surface area (Å²) in [4.78, 5) is 0. The second kappa shape index (κ2) is 9.86. The second-order valence-electron chi connectivity index (χ2n) is 11.4. The third-order valence-electron chi connectivity index (χ3n) is 8.92. The molecule has 1 spiro atoms. The van der Waals surface area contributed by atoms with Gasteiger partial charge in [-0.1, -0.05) is 72.8 Å². The van der Waals surface area contributed by atoms with Crippen molar-refractivity contribution in [2.24, 2.45) is 0 Å². The lowest BCUT2D eigenvalue weighted by Crippen LogP contribution is -2.26. The Balaban J connectivity index is 1.36. The molecule has 6 aromatic carbocycles. The summed E-state index contributed by atoms with van der Waals surface area (Å²) in [6.45, 7) is 0. The van der Waals surface area contributed by atoms with Crippen molar-refractivity contribution in [3.63, 3.8) is 0 Å². The van der Waals surface area contributed by atoms with Gasteiger partial charge < -0.3 is 5.32 Å². The second-order valence-corrected chi connectivity index (χ2v) is 11.4. The summed E-state index contributed by atoms with van der Waals surface area (Å²) in [6, 6.07) is 29.6. The Kier molecular flexibility index (Phi) is 5.97. The molecule has 0 saturated carbocycles. The molecule has 1 atom stereocenters. The van der Waals surface area contributed by atoms with Crippen molar-refractivity contribution in [3.05, 3.63) is 177 Å². The van der Waals surface area contributed by atoms with Gasteiger partial charge in [-0.25, -0.2) is 26.3 Å². The van der Waals surface area contributed by atoms with Crippen molar-refractivity contribution >= 4 is 11.4 Å². The summed E-state index contributed by atoms with van der Waals surface area (Å²) in [6.07, 6.45) is -0.100. The highest BCUT2D eigenvalue weighted by Crippen LogP contribution is 2.63. The minimum absolute atomic E-state index is 0.100. The minimum atomic E-state index is -1.06. The highest BCUT2D eigenvalue weighted by molar-refractivity contribution is 5.95. The van der Waals surface area contributed by atoms with Crippen LogP contribution in [0.2, 0.25) is 0 Å². The third-order valence-corrected chi connectivity index (χ3v) is 8.92. The normalized spacial score (nSPS) is 15.5. The smallest absolute Gasteiger partial charge is 0.152 e. The Morgan fingerprint density at radius 3 is 1.56 bits per heavy atom. The van der Waals surface area contributed by atoms with Gasteiger partial charge >= 0.3 is 0 Å². The van der Waals surface area contributed by atoms with E-state index in [4.69, 9.17) is 0 Å². The van der Waals surface area contributed by atoms with Crippen molar-refractivity contribution in [1.82, 2.24) is 0 Å². The lowest BCUT2D eigenvalue weighted by Gasteiger charge is -2.31. The first-order valence-corrected chi connectivity index (χ1v) is 14.3. The first-order valence-electron chi connectivity index (χ1n) is 14.3. The van der Waals surface area contributed by atoms with E-state index in [0.717, 1.165) is 44.5 Å². The lowest BCUT2D eigenvalue weighted by molar-refractivity contribution is 0.527. The first-order chi connectivity index (χ1) is 21.8. The molecule has 6 aromatic rings. The number of rotatable bonds is 4. The van der Waals surface area contributed by atoms with Crippen LogP contribution in [0.4, 0.5) is 37.7 Å².